The van der Waals surface area contributed by atoms with E-state index >= 15 is 0 Å². The molecule has 0 spiro atoms. The van der Waals surface area contributed by atoms with Gasteiger partial charge >= 0.3 is 0 Å². The van der Waals surface area contributed by atoms with Crippen LogP contribution in [0.4, 0.5) is 5.69 Å². The van der Waals surface area contributed by atoms with Crippen molar-refractivity contribution < 1.29 is 13.2 Å². The van der Waals surface area contributed by atoms with Crippen LogP contribution in [-0.4, -0.2) is 20.5 Å². The molecule has 0 aliphatic rings. The van der Waals surface area contributed by atoms with Gasteiger partial charge in [-0.15, -0.1) is 0 Å². The maximum absolute atomic E-state index is 12.6. The van der Waals surface area contributed by atoms with Gasteiger partial charge in [-0.05, 0) is 52.7 Å². The average molecular weight is 425 g/mol. The van der Waals surface area contributed by atoms with Crippen molar-refractivity contribution >= 4 is 38.1 Å². The molecule has 5 nitrogen and oxygen atoms in total. The number of sulfonamides is 1. The van der Waals surface area contributed by atoms with Crippen LogP contribution in [0.25, 0.3) is 21.9 Å². The van der Waals surface area contributed by atoms with E-state index in [0.717, 1.165) is 27.6 Å². The lowest BCUT2D eigenvalue weighted by Gasteiger charge is -2.11. The number of rotatable bonds is 5. The molecule has 0 amide bonds. The zero-order valence-electron chi connectivity index (χ0n) is 15.5. The van der Waals surface area contributed by atoms with Crippen LogP contribution in [0, 0.1) is 0 Å². The number of fused-ring (bicyclic) bond motifs is 1. The number of benzene rings is 3. The summed E-state index contributed by atoms with van der Waals surface area (Å²) < 4.78 is 33.0. The molecule has 0 atom stereocenters. The number of hydrogen-bond donors (Lipinski definition) is 1. The van der Waals surface area contributed by atoms with Crippen molar-refractivity contribution in [3.63, 3.8) is 0 Å². The Morgan fingerprint density at radius 1 is 0.897 bits per heavy atom. The van der Waals surface area contributed by atoms with Crippen molar-refractivity contribution in [3.8, 4) is 16.9 Å². The number of hydrogen-bond acceptors (Lipinski definition) is 4. The summed E-state index contributed by atoms with van der Waals surface area (Å²) in [6.45, 7) is 0. The van der Waals surface area contributed by atoms with Gasteiger partial charge in [0.2, 0.25) is 0 Å². The van der Waals surface area contributed by atoms with Crippen molar-refractivity contribution in [3.05, 3.63) is 84.1 Å². The molecule has 4 aromatic rings. The number of aromatic nitrogens is 1. The minimum absolute atomic E-state index is 0.0822. The van der Waals surface area contributed by atoms with Crippen LogP contribution in [-0.2, 0) is 10.0 Å². The second kappa shape index (κ2) is 7.73. The largest absolute Gasteiger partial charge is 0.497 e. The van der Waals surface area contributed by atoms with Crippen molar-refractivity contribution in [2.24, 2.45) is 0 Å². The highest BCUT2D eigenvalue weighted by molar-refractivity contribution is 7.92. The smallest absolute Gasteiger partial charge is 0.261 e. The molecule has 0 bridgehead atoms. The quantitative estimate of drug-likeness (QED) is 0.437. The molecule has 1 aromatic heterocycles. The Labute approximate surface area is 174 Å². The molecule has 0 fully saturated rings. The highest BCUT2D eigenvalue weighted by atomic mass is 35.5. The molecule has 4 rings (SSSR count). The first kappa shape index (κ1) is 19.2. The molecule has 0 aliphatic carbocycles. The van der Waals surface area contributed by atoms with Crippen LogP contribution in [0.15, 0.2) is 83.9 Å². The summed E-state index contributed by atoms with van der Waals surface area (Å²) in [6, 6.07) is 21.6. The molecule has 0 saturated carbocycles. The van der Waals surface area contributed by atoms with E-state index in [-0.39, 0.29) is 15.7 Å². The number of ether oxygens (including phenoxy) is 1. The van der Waals surface area contributed by atoms with Crippen LogP contribution in [0.1, 0.15) is 0 Å². The summed E-state index contributed by atoms with van der Waals surface area (Å²) in [5, 5.41) is 2.16. The van der Waals surface area contributed by atoms with Gasteiger partial charge in [0.1, 0.15) is 5.75 Å². The third-order valence-corrected chi connectivity index (χ3v) is 6.20. The van der Waals surface area contributed by atoms with Crippen molar-refractivity contribution in [1.82, 2.24) is 4.98 Å². The number of halogens is 1. The van der Waals surface area contributed by atoms with E-state index in [0.29, 0.717) is 0 Å². The second-order valence-corrected chi connectivity index (χ2v) is 8.45. The van der Waals surface area contributed by atoms with E-state index in [2.05, 4.69) is 9.71 Å². The lowest BCUT2D eigenvalue weighted by atomic mass is 10.0. The maximum atomic E-state index is 12.6. The fraction of sp³-hybridized carbons (Fsp3) is 0.0455. The van der Waals surface area contributed by atoms with E-state index < -0.39 is 10.0 Å². The van der Waals surface area contributed by atoms with Crippen LogP contribution in [0.5, 0.6) is 5.75 Å². The Bertz CT molecular complexity index is 1290. The Kier molecular flexibility index (Phi) is 5.13. The molecule has 0 aliphatic heterocycles. The molecule has 0 saturated heterocycles. The third-order valence-electron chi connectivity index (χ3n) is 4.52. The number of methoxy groups -OCH3 is 1. The van der Waals surface area contributed by atoms with Gasteiger partial charge in [0.25, 0.3) is 10.0 Å². The molecule has 1 N–H and O–H groups in total. The topological polar surface area (TPSA) is 68.3 Å². The molecule has 3 aromatic carbocycles. The lowest BCUT2D eigenvalue weighted by molar-refractivity contribution is 0.415. The van der Waals surface area contributed by atoms with E-state index in [4.69, 9.17) is 16.3 Å². The second-order valence-electron chi connectivity index (χ2n) is 6.41. The molecule has 146 valence electrons. The lowest BCUT2D eigenvalue weighted by Crippen LogP contribution is -2.13. The first-order valence-electron chi connectivity index (χ1n) is 8.78. The fourth-order valence-corrected chi connectivity index (χ4v) is 4.30. The summed E-state index contributed by atoms with van der Waals surface area (Å²) in [4.78, 5) is 4.31. The van der Waals surface area contributed by atoms with Crippen LogP contribution in [0.2, 0.25) is 5.15 Å². The normalized spacial score (nSPS) is 11.4. The van der Waals surface area contributed by atoms with E-state index in [1.165, 1.54) is 12.1 Å². The number of pyridine rings is 1. The predicted molar refractivity (Wildman–Crippen MR) is 116 cm³/mol. The summed E-state index contributed by atoms with van der Waals surface area (Å²) in [7, 11) is -2.13. The van der Waals surface area contributed by atoms with Crippen LogP contribution < -0.4 is 9.46 Å². The number of nitrogens with one attached hydrogen (secondary N) is 1. The van der Waals surface area contributed by atoms with Gasteiger partial charge in [-0.1, -0.05) is 48.0 Å². The fourth-order valence-electron chi connectivity index (χ4n) is 3.01. The molecule has 7 heteroatoms. The Morgan fingerprint density at radius 2 is 1.62 bits per heavy atom. The average Bonchev–Trinajstić information content (AvgIpc) is 2.75. The summed E-state index contributed by atoms with van der Waals surface area (Å²) in [6.07, 6.45) is 1.62. The monoisotopic (exact) mass is 424 g/mol. The standard InChI is InChI=1S/C22H17ClN2O3S/c1-28-19-10-9-15-11-16(7-8-17(15)12-19)18-13-21(22(23)24-14-18)25-29(26,27)20-5-3-2-4-6-20/h2-14,25H,1H3. The molecular weight excluding hydrogens is 408 g/mol. The zero-order valence-corrected chi connectivity index (χ0v) is 17.0. The first-order chi connectivity index (χ1) is 14.0. The molecule has 0 unspecified atom stereocenters. The van der Waals surface area contributed by atoms with Crippen LogP contribution >= 0.6 is 11.6 Å². The molecule has 1 heterocycles. The minimum atomic E-state index is -3.77. The SMILES string of the molecule is COc1ccc2cc(-c3cnc(Cl)c(NS(=O)(=O)c4ccccc4)c3)ccc2c1. The van der Waals surface area contributed by atoms with Gasteiger partial charge in [-0.25, -0.2) is 13.4 Å². The molecule has 0 radical (unpaired) electrons. The van der Waals surface area contributed by atoms with E-state index in [1.807, 2.05) is 36.4 Å². The first-order valence-corrected chi connectivity index (χ1v) is 10.6. The summed E-state index contributed by atoms with van der Waals surface area (Å²) in [5.41, 5.74) is 1.87. The molecule has 29 heavy (non-hydrogen) atoms. The van der Waals surface area contributed by atoms with Gasteiger partial charge in [0, 0.05) is 11.8 Å². The van der Waals surface area contributed by atoms with Gasteiger partial charge in [-0.3, -0.25) is 4.72 Å². The van der Waals surface area contributed by atoms with Gasteiger partial charge in [0.15, 0.2) is 5.15 Å². The highest BCUT2D eigenvalue weighted by Gasteiger charge is 2.16. The summed E-state index contributed by atoms with van der Waals surface area (Å²) in [5.74, 6) is 0.788. The van der Waals surface area contributed by atoms with Crippen molar-refractivity contribution in [1.29, 1.82) is 0 Å². The Morgan fingerprint density at radius 3 is 2.38 bits per heavy atom. The predicted octanol–water partition coefficient (Wildman–Crippen LogP) is 5.36. The third kappa shape index (κ3) is 4.04. The van der Waals surface area contributed by atoms with Gasteiger partial charge in [-0.2, -0.15) is 0 Å². The van der Waals surface area contributed by atoms with E-state index in [1.54, 1.807) is 37.6 Å². The van der Waals surface area contributed by atoms with Gasteiger partial charge in [0.05, 0.1) is 17.7 Å². The maximum Gasteiger partial charge on any atom is 0.261 e. The minimum Gasteiger partial charge on any atom is -0.497 e. The number of nitrogens with zero attached hydrogens (tertiary/aromatic N) is 1. The summed E-state index contributed by atoms with van der Waals surface area (Å²) >= 11 is 6.15. The van der Waals surface area contributed by atoms with Crippen LogP contribution in [0.3, 0.4) is 0 Å². The highest BCUT2D eigenvalue weighted by Crippen LogP contribution is 2.31. The van der Waals surface area contributed by atoms with Crippen molar-refractivity contribution in [2.45, 2.75) is 4.90 Å². The zero-order chi connectivity index (χ0) is 20.4. The number of anilines is 1. The van der Waals surface area contributed by atoms with Crippen molar-refractivity contribution in [2.75, 3.05) is 11.8 Å². The molecular formula is C22H17ClN2O3S. The van der Waals surface area contributed by atoms with Gasteiger partial charge < -0.3 is 4.74 Å². The Balaban J connectivity index is 1.71. The van der Waals surface area contributed by atoms with E-state index in [9.17, 15) is 8.42 Å². The Hall–Kier alpha value is -3.09.